The lowest BCUT2D eigenvalue weighted by molar-refractivity contribution is 0.211. The number of pyridine rings is 2. The number of nitriles is 1. The molecule has 5 heterocycles. The Morgan fingerprint density at radius 1 is 0.889 bits per heavy atom. The number of rotatable bonds is 7. The van der Waals surface area contributed by atoms with Crippen LogP contribution in [0.25, 0.3) is 39.5 Å². The predicted octanol–water partition coefficient (Wildman–Crippen LogP) is 5.61. The third kappa shape index (κ3) is 5.91. The van der Waals surface area contributed by atoms with Crippen molar-refractivity contribution in [2.45, 2.75) is 25.4 Å². The van der Waals surface area contributed by atoms with Crippen LogP contribution in [0, 0.1) is 17.1 Å². The molecular formula is C34H29FN10. The maximum absolute atomic E-state index is 13.6. The predicted molar refractivity (Wildman–Crippen MR) is 171 cm³/mol. The van der Waals surface area contributed by atoms with Gasteiger partial charge in [-0.1, -0.05) is 12.1 Å². The molecule has 222 valence electrons. The first-order valence-electron chi connectivity index (χ1n) is 14.7. The second-order valence-corrected chi connectivity index (χ2v) is 11.0. The molecule has 0 unspecified atom stereocenters. The van der Waals surface area contributed by atoms with Crippen molar-refractivity contribution in [3.05, 3.63) is 108 Å². The van der Waals surface area contributed by atoms with Crippen molar-refractivity contribution in [1.82, 2.24) is 34.4 Å². The van der Waals surface area contributed by atoms with Gasteiger partial charge in [-0.05, 0) is 85.1 Å². The van der Waals surface area contributed by atoms with Crippen molar-refractivity contribution in [3.63, 3.8) is 0 Å². The van der Waals surface area contributed by atoms with E-state index in [0.29, 0.717) is 45.9 Å². The van der Waals surface area contributed by atoms with Crippen molar-refractivity contribution >= 4 is 22.8 Å². The Hall–Kier alpha value is -5.73. The lowest BCUT2D eigenvalue weighted by Crippen LogP contribution is -2.38. The molecule has 1 aliphatic rings. The van der Waals surface area contributed by atoms with Crippen LogP contribution in [0.15, 0.2) is 91.3 Å². The zero-order valence-electron chi connectivity index (χ0n) is 24.3. The number of hydrogen-bond donors (Lipinski definition) is 2. The van der Waals surface area contributed by atoms with Gasteiger partial charge >= 0.3 is 0 Å². The number of halogens is 1. The first-order valence-corrected chi connectivity index (χ1v) is 14.7. The quantitative estimate of drug-likeness (QED) is 0.241. The van der Waals surface area contributed by atoms with E-state index >= 15 is 0 Å². The number of likely N-dealkylation sites (tertiary alicyclic amines) is 1. The largest absolute Gasteiger partial charge is 0.383 e. The van der Waals surface area contributed by atoms with E-state index in [1.54, 1.807) is 30.6 Å². The first-order chi connectivity index (χ1) is 22.0. The Kier molecular flexibility index (Phi) is 7.55. The van der Waals surface area contributed by atoms with Crippen molar-refractivity contribution < 1.29 is 4.39 Å². The third-order valence-corrected chi connectivity index (χ3v) is 8.02. The van der Waals surface area contributed by atoms with Crippen LogP contribution >= 0.6 is 0 Å². The molecule has 0 aliphatic carbocycles. The lowest BCUT2D eigenvalue weighted by Gasteiger charge is -2.32. The number of piperidine rings is 1. The van der Waals surface area contributed by atoms with Gasteiger partial charge in [-0.15, -0.1) is 0 Å². The number of fused-ring (bicyclic) bond motifs is 1. The Morgan fingerprint density at radius 3 is 2.44 bits per heavy atom. The molecule has 1 aliphatic heterocycles. The second kappa shape index (κ2) is 12.1. The van der Waals surface area contributed by atoms with E-state index in [4.69, 9.17) is 21.0 Å². The van der Waals surface area contributed by atoms with Gasteiger partial charge < -0.3 is 11.1 Å². The highest BCUT2D eigenvalue weighted by molar-refractivity contribution is 5.84. The van der Waals surface area contributed by atoms with Gasteiger partial charge in [0.15, 0.2) is 11.5 Å². The van der Waals surface area contributed by atoms with E-state index in [1.165, 1.54) is 17.7 Å². The molecule has 10 nitrogen and oxygen atoms in total. The van der Waals surface area contributed by atoms with Gasteiger partial charge in [0.05, 0.1) is 11.3 Å². The van der Waals surface area contributed by atoms with Crippen LogP contribution in [0.1, 0.15) is 24.2 Å². The Labute approximate surface area is 259 Å². The minimum atomic E-state index is -0.294. The van der Waals surface area contributed by atoms with E-state index in [9.17, 15) is 4.39 Å². The summed E-state index contributed by atoms with van der Waals surface area (Å²) in [6.07, 6.45) is 5.21. The summed E-state index contributed by atoms with van der Waals surface area (Å²) in [7, 11) is 0. The molecule has 6 aromatic rings. The number of nitrogen functional groups attached to an aromatic ring is 1. The number of aromatic nitrogens is 6. The van der Waals surface area contributed by atoms with Crippen LogP contribution in [0.4, 0.5) is 16.0 Å². The molecule has 2 aromatic carbocycles. The molecule has 0 spiro atoms. The number of nitrogens with two attached hydrogens (primary N) is 1. The smallest absolute Gasteiger partial charge is 0.234 e. The molecular weight excluding hydrogens is 567 g/mol. The Balaban J connectivity index is 1.13. The van der Waals surface area contributed by atoms with Crippen LogP contribution in [0.2, 0.25) is 0 Å². The zero-order chi connectivity index (χ0) is 30.8. The molecule has 7 rings (SSSR count). The topological polar surface area (TPSA) is 134 Å². The van der Waals surface area contributed by atoms with Crippen molar-refractivity contribution in [2.24, 2.45) is 0 Å². The van der Waals surface area contributed by atoms with Gasteiger partial charge in [-0.3, -0.25) is 9.47 Å². The van der Waals surface area contributed by atoms with Gasteiger partial charge in [0.1, 0.15) is 29.0 Å². The number of nitrogens with zero attached hydrogens (tertiary/aromatic N) is 8. The summed E-state index contributed by atoms with van der Waals surface area (Å²) in [5.41, 5.74) is 12.0. The molecule has 11 heteroatoms. The lowest BCUT2D eigenvalue weighted by atomic mass is 10.0. The molecule has 1 fully saturated rings. The monoisotopic (exact) mass is 596 g/mol. The van der Waals surface area contributed by atoms with Crippen molar-refractivity contribution in [2.75, 3.05) is 24.1 Å². The second-order valence-electron chi connectivity index (χ2n) is 11.0. The number of benzene rings is 2. The van der Waals surface area contributed by atoms with E-state index < -0.39 is 0 Å². The summed E-state index contributed by atoms with van der Waals surface area (Å²) in [5, 5.41) is 12.5. The summed E-state index contributed by atoms with van der Waals surface area (Å²) >= 11 is 0. The maximum Gasteiger partial charge on any atom is 0.234 e. The number of imidazole rings is 1. The SMILES string of the molecule is N#Cc1nccc(NC2CCN(Cc3ccc(-n4c(-c5cccnc5N)nc5ccc(-c6ccc(F)cc6)nc54)cc3)CC2)n1. The van der Waals surface area contributed by atoms with Crippen LogP contribution in [0.3, 0.4) is 0 Å². The van der Waals surface area contributed by atoms with Crippen molar-refractivity contribution in [1.29, 1.82) is 5.26 Å². The van der Waals surface area contributed by atoms with Crippen LogP contribution in [0.5, 0.6) is 0 Å². The maximum atomic E-state index is 13.6. The molecule has 4 aromatic heterocycles. The van der Waals surface area contributed by atoms with E-state index in [1.807, 2.05) is 34.9 Å². The minimum Gasteiger partial charge on any atom is -0.383 e. The summed E-state index contributed by atoms with van der Waals surface area (Å²) in [5.74, 6) is 1.59. The molecule has 0 bridgehead atoms. The Bertz CT molecular complexity index is 2010. The summed E-state index contributed by atoms with van der Waals surface area (Å²) < 4.78 is 15.6. The first kappa shape index (κ1) is 28.1. The fourth-order valence-electron chi connectivity index (χ4n) is 5.72. The average Bonchev–Trinajstić information content (AvgIpc) is 3.45. The minimum absolute atomic E-state index is 0.171. The van der Waals surface area contributed by atoms with Gasteiger partial charge in [-0.2, -0.15) is 5.26 Å². The molecule has 0 atom stereocenters. The van der Waals surface area contributed by atoms with Crippen LogP contribution < -0.4 is 11.1 Å². The zero-order valence-corrected chi connectivity index (χ0v) is 24.3. The molecule has 45 heavy (non-hydrogen) atoms. The Morgan fingerprint density at radius 2 is 1.69 bits per heavy atom. The van der Waals surface area contributed by atoms with E-state index in [0.717, 1.165) is 43.7 Å². The summed E-state index contributed by atoms with van der Waals surface area (Å²) in [6, 6.07) is 26.4. The normalized spacial score (nSPS) is 14.0. The highest BCUT2D eigenvalue weighted by Gasteiger charge is 2.21. The molecule has 1 saturated heterocycles. The van der Waals surface area contributed by atoms with Crippen LogP contribution in [-0.2, 0) is 6.54 Å². The van der Waals surface area contributed by atoms with Gasteiger partial charge in [-0.25, -0.2) is 29.3 Å². The summed E-state index contributed by atoms with van der Waals surface area (Å²) in [4.78, 5) is 24.8. The molecule has 0 radical (unpaired) electrons. The standard InChI is InChI=1S/C34H29FN10/c35-24-7-5-23(6-8-24)28-11-12-29-34(41-28)45(33(42-29)27-2-1-16-39-32(27)37)26-9-3-22(4-10-26)21-44-18-14-25(15-19-44)40-30-13-17-38-31(20-36)43-30/h1-13,16-17,25H,14-15,18-19,21H2,(H2,37,39)(H,38,40,43). The van der Waals surface area contributed by atoms with E-state index in [-0.39, 0.29) is 11.6 Å². The molecule has 0 saturated carbocycles. The van der Waals surface area contributed by atoms with Crippen LogP contribution in [-0.4, -0.2) is 53.5 Å². The number of anilines is 2. The fourth-order valence-corrected chi connectivity index (χ4v) is 5.72. The van der Waals surface area contributed by atoms with Gasteiger partial charge in [0, 0.05) is 49.3 Å². The van der Waals surface area contributed by atoms with Crippen molar-refractivity contribution in [3.8, 4) is 34.4 Å². The third-order valence-electron chi connectivity index (χ3n) is 8.02. The highest BCUT2D eigenvalue weighted by atomic mass is 19.1. The fraction of sp³-hybridized carbons (Fsp3) is 0.176. The van der Waals surface area contributed by atoms with Gasteiger partial charge in [0.2, 0.25) is 5.82 Å². The van der Waals surface area contributed by atoms with Gasteiger partial charge in [0.25, 0.3) is 0 Å². The number of nitrogens with one attached hydrogen (secondary N) is 1. The molecule has 3 N–H and O–H groups in total. The summed E-state index contributed by atoms with van der Waals surface area (Å²) in [6.45, 7) is 2.73. The number of hydrogen-bond acceptors (Lipinski definition) is 9. The molecule has 0 amide bonds. The highest BCUT2D eigenvalue weighted by Crippen LogP contribution is 2.32. The average molecular weight is 597 g/mol. The van der Waals surface area contributed by atoms with E-state index in [2.05, 4.69) is 49.4 Å².